The SMILES string of the molecule is Cc1cc2c(C[Si](C)(C)C)c(c1)N(C)c1cccc(n1)N(C)c1cccc(n1)N(C)c1cccc(n1)N2C. The lowest BCUT2D eigenvalue weighted by atomic mass is 10.1. The summed E-state index contributed by atoms with van der Waals surface area (Å²) < 4.78 is 0. The molecule has 0 aliphatic carbocycles. The Balaban J connectivity index is 1.80. The molecular weight excluding hydrogens is 486 g/mol. The van der Waals surface area contributed by atoms with Gasteiger partial charge in [-0.1, -0.05) is 37.8 Å². The van der Waals surface area contributed by atoms with E-state index in [2.05, 4.69) is 86.9 Å². The van der Waals surface area contributed by atoms with E-state index in [4.69, 9.17) is 15.0 Å². The third-order valence-corrected chi connectivity index (χ3v) is 8.41. The molecule has 7 nitrogen and oxygen atoms in total. The molecule has 0 spiro atoms. The minimum atomic E-state index is -1.48. The fourth-order valence-electron chi connectivity index (χ4n) is 4.93. The normalized spacial score (nSPS) is 13.7. The van der Waals surface area contributed by atoms with Gasteiger partial charge in [-0.2, -0.15) is 0 Å². The monoisotopic (exact) mass is 523 g/mol. The van der Waals surface area contributed by atoms with E-state index < -0.39 is 8.07 Å². The summed E-state index contributed by atoms with van der Waals surface area (Å²) in [4.78, 5) is 23.6. The van der Waals surface area contributed by atoms with Gasteiger partial charge < -0.3 is 19.6 Å². The number of hydrogen-bond acceptors (Lipinski definition) is 7. The van der Waals surface area contributed by atoms with Crippen molar-refractivity contribution in [3.8, 4) is 0 Å². The highest BCUT2D eigenvalue weighted by molar-refractivity contribution is 6.75. The van der Waals surface area contributed by atoms with Crippen LogP contribution in [0.5, 0.6) is 0 Å². The number of anilines is 8. The van der Waals surface area contributed by atoms with Gasteiger partial charge in [0.1, 0.15) is 34.9 Å². The first-order valence-electron chi connectivity index (χ1n) is 13.0. The molecule has 1 aromatic carbocycles. The molecule has 0 saturated carbocycles. The highest BCUT2D eigenvalue weighted by Gasteiger charge is 2.25. The number of pyridine rings is 3. The molecule has 38 heavy (non-hydrogen) atoms. The van der Waals surface area contributed by atoms with Crippen LogP contribution in [0.1, 0.15) is 11.1 Å². The Morgan fingerprint density at radius 2 is 0.868 bits per heavy atom. The maximum atomic E-state index is 5.08. The summed E-state index contributed by atoms with van der Waals surface area (Å²) in [6.07, 6.45) is 0. The van der Waals surface area contributed by atoms with Crippen molar-refractivity contribution in [3.05, 3.63) is 77.9 Å². The molecule has 8 bridgehead atoms. The molecule has 0 fully saturated rings. The van der Waals surface area contributed by atoms with Crippen molar-refractivity contribution in [2.75, 3.05) is 47.8 Å². The van der Waals surface area contributed by atoms with E-state index in [1.807, 2.05) is 54.2 Å². The smallest absolute Gasteiger partial charge is 0.136 e. The van der Waals surface area contributed by atoms with Gasteiger partial charge in [0.05, 0.1) is 0 Å². The first-order valence-corrected chi connectivity index (χ1v) is 16.7. The van der Waals surface area contributed by atoms with E-state index in [9.17, 15) is 0 Å². The summed E-state index contributed by atoms with van der Waals surface area (Å²) in [5.74, 6) is 5.10. The number of nitrogens with zero attached hydrogens (tertiary/aromatic N) is 7. The Morgan fingerprint density at radius 3 is 1.18 bits per heavy atom. The van der Waals surface area contributed by atoms with Gasteiger partial charge in [0.25, 0.3) is 0 Å². The summed E-state index contributed by atoms with van der Waals surface area (Å²) >= 11 is 0. The van der Waals surface area contributed by atoms with Crippen molar-refractivity contribution < 1.29 is 0 Å². The summed E-state index contributed by atoms with van der Waals surface area (Å²) in [5.41, 5.74) is 4.90. The maximum Gasteiger partial charge on any atom is 0.136 e. The molecule has 1 aliphatic rings. The summed E-state index contributed by atoms with van der Waals surface area (Å²) in [7, 11) is 6.78. The van der Waals surface area contributed by atoms with E-state index in [0.29, 0.717) is 0 Å². The van der Waals surface area contributed by atoms with Crippen LogP contribution in [0.3, 0.4) is 0 Å². The first-order chi connectivity index (χ1) is 18.0. The quantitative estimate of drug-likeness (QED) is 0.263. The molecule has 196 valence electrons. The van der Waals surface area contributed by atoms with Crippen LogP contribution in [-0.2, 0) is 6.04 Å². The molecular formula is C30H37N7Si. The fraction of sp³-hybridized carbons (Fsp3) is 0.300. The zero-order chi connectivity index (χ0) is 27.2. The summed E-state index contributed by atoms with van der Waals surface area (Å²) in [6.45, 7) is 9.44. The van der Waals surface area contributed by atoms with Crippen LogP contribution in [-0.4, -0.2) is 51.2 Å². The molecule has 4 aromatic rings. The molecule has 0 amide bonds. The molecule has 5 rings (SSSR count). The third-order valence-electron chi connectivity index (χ3n) is 7.00. The second-order valence-electron chi connectivity index (χ2n) is 11.3. The van der Waals surface area contributed by atoms with Gasteiger partial charge in [-0.25, -0.2) is 15.0 Å². The Labute approximate surface area is 227 Å². The van der Waals surface area contributed by atoms with Gasteiger partial charge in [-0.15, -0.1) is 0 Å². The average Bonchev–Trinajstić information content (AvgIpc) is 2.91. The van der Waals surface area contributed by atoms with E-state index in [1.54, 1.807) is 0 Å². The van der Waals surface area contributed by atoms with Crippen LogP contribution >= 0.6 is 0 Å². The van der Waals surface area contributed by atoms with Crippen LogP contribution in [0, 0.1) is 6.92 Å². The Bertz CT molecular complexity index is 1380. The lowest BCUT2D eigenvalue weighted by Crippen LogP contribution is -2.28. The standard InChI is InChI=1S/C30H37N7Si/c1-21-18-23-22(20-38(6,7)8)24(19-21)35(3)26-13-10-15-28(32-26)37(5)30-17-11-16-29(33-30)36(4)27-14-9-12-25(31-27)34(23)2/h9-19H,20H2,1-8H3. The number of hydrogen-bond donors (Lipinski definition) is 0. The lowest BCUT2D eigenvalue weighted by molar-refractivity contribution is 1.01. The van der Waals surface area contributed by atoms with E-state index in [1.165, 1.54) is 22.5 Å². The van der Waals surface area contributed by atoms with Crippen LogP contribution < -0.4 is 19.6 Å². The number of fused-ring (bicyclic) bond motifs is 8. The molecule has 0 radical (unpaired) electrons. The highest BCUT2D eigenvalue weighted by Crippen LogP contribution is 2.39. The van der Waals surface area contributed by atoms with Crippen molar-refractivity contribution in [2.24, 2.45) is 0 Å². The van der Waals surface area contributed by atoms with E-state index in [0.717, 1.165) is 41.0 Å². The zero-order valence-electron chi connectivity index (χ0n) is 23.7. The number of benzene rings is 1. The minimum absolute atomic E-state index is 0.819. The van der Waals surface area contributed by atoms with Crippen LogP contribution in [0.15, 0.2) is 66.7 Å². The second kappa shape index (κ2) is 9.76. The largest absolute Gasteiger partial charge is 0.329 e. The second-order valence-corrected chi connectivity index (χ2v) is 16.8. The van der Waals surface area contributed by atoms with Gasteiger partial charge >= 0.3 is 0 Å². The van der Waals surface area contributed by atoms with Crippen molar-refractivity contribution >= 4 is 54.4 Å². The van der Waals surface area contributed by atoms with E-state index >= 15 is 0 Å². The van der Waals surface area contributed by atoms with Gasteiger partial charge in [-0.05, 0) is 72.6 Å². The van der Waals surface area contributed by atoms with Crippen molar-refractivity contribution in [1.29, 1.82) is 0 Å². The predicted octanol–water partition coefficient (Wildman–Crippen LogP) is 6.98. The highest BCUT2D eigenvalue weighted by atomic mass is 28.3. The van der Waals surface area contributed by atoms with Gasteiger partial charge in [0.15, 0.2) is 0 Å². The molecule has 8 heteroatoms. The Kier molecular flexibility index (Phi) is 6.61. The lowest BCUT2D eigenvalue weighted by Gasteiger charge is -2.32. The van der Waals surface area contributed by atoms with Gasteiger partial charge in [0, 0.05) is 47.6 Å². The average molecular weight is 524 g/mol. The van der Waals surface area contributed by atoms with Crippen molar-refractivity contribution in [2.45, 2.75) is 32.6 Å². The van der Waals surface area contributed by atoms with Gasteiger partial charge in [-0.3, -0.25) is 0 Å². The number of aryl methyl sites for hydroxylation is 1. The first kappa shape index (κ1) is 25.7. The van der Waals surface area contributed by atoms with Gasteiger partial charge in [0.2, 0.25) is 0 Å². The molecule has 0 atom stereocenters. The molecule has 0 saturated heterocycles. The van der Waals surface area contributed by atoms with Crippen molar-refractivity contribution in [3.63, 3.8) is 0 Å². The molecule has 4 heterocycles. The Hall–Kier alpha value is -3.91. The van der Waals surface area contributed by atoms with Crippen LogP contribution in [0.4, 0.5) is 46.3 Å². The molecule has 1 aliphatic heterocycles. The predicted molar refractivity (Wildman–Crippen MR) is 163 cm³/mol. The summed E-state index contributed by atoms with van der Waals surface area (Å²) in [5, 5.41) is 0. The molecule has 3 aromatic heterocycles. The summed E-state index contributed by atoms with van der Waals surface area (Å²) in [6, 6.07) is 24.0. The minimum Gasteiger partial charge on any atom is -0.329 e. The molecule has 0 unspecified atom stereocenters. The maximum absolute atomic E-state index is 5.08. The zero-order valence-corrected chi connectivity index (χ0v) is 24.7. The van der Waals surface area contributed by atoms with Crippen LogP contribution in [0.25, 0.3) is 0 Å². The van der Waals surface area contributed by atoms with Crippen LogP contribution in [0.2, 0.25) is 19.6 Å². The molecule has 0 N–H and O–H groups in total. The van der Waals surface area contributed by atoms with E-state index in [-0.39, 0.29) is 0 Å². The fourth-order valence-corrected chi connectivity index (χ4v) is 6.35. The third kappa shape index (κ3) is 4.96. The number of rotatable bonds is 2. The number of aromatic nitrogens is 3. The van der Waals surface area contributed by atoms with Crippen molar-refractivity contribution in [1.82, 2.24) is 15.0 Å². The Morgan fingerprint density at radius 1 is 0.553 bits per heavy atom. The topological polar surface area (TPSA) is 51.6 Å².